The zero-order valence-corrected chi connectivity index (χ0v) is 17.0. The molecular weight excluding hydrogens is 416 g/mol. The van der Waals surface area contributed by atoms with E-state index in [9.17, 15) is 5.11 Å². The highest BCUT2D eigenvalue weighted by molar-refractivity contribution is 9.11. The highest BCUT2D eigenvalue weighted by Crippen LogP contribution is 2.35. The largest absolute Gasteiger partial charge is 0.506 e. The molecule has 0 saturated heterocycles. The van der Waals surface area contributed by atoms with Gasteiger partial charge in [-0.05, 0) is 81.9 Å². The standard InChI is InChI=1S/C15H22Br2N2OS/c1-14(2,3)8-15(4,5)19-13(21)18-9-6-10(16)12(20)11(17)7-9/h6-7,20H,8H2,1-5H3,(H2,18,19,21). The van der Waals surface area contributed by atoms with Crippen LogP contribution in [0.15, 0.2) is 21.1 Å². The molecule has 0 aliphatic carbocycles. The Balaban J connectivity index is 2.74. The van der Waals surface area contributed by atoms with Gasteiger partial charge < -0.3 is 15.7 Å². The van der Waals surface area contributed by atoms with Gasteiger partial charge in [-0.25, -0.2) is 0 Å². The van der Waals surface area contributed by atoms with Gasteiger partial charge in [0.15, 0.2) is 5.11 Å². The van der Waals surface area contributed by atoms with E-state index in [2.05, 4.69) is 77.1 Å². The van der Waals surface area contributed by atoms with E-state index in [1.165, 1.54) is 0 Å². The van der Waals surface area contributed by atoms with Gasteiger partial charge in [0.05, 0.1) is 8.95 Å². The molecule has 0 saturated carbocycles. The fourth-order valence-electron chi connectivity index (χ4n) is 2.48. The lowest BCUT2D eigenvalue weighted by Gasteiger charge is -2.34. The fourth-order valence-corrected chi connectivity index (χ4v) is 4.06. The van der Waals surface area contributed by atoms with Crippen molar-refractivity contribution in [2.45, 2.75) is 46.6 Å². The molecule has 0 aliphatic rings. The van der Waals surface area contributed by atoms with Gasteiger partial charge in [-0.15, -0.1) is 0 Å². The van der Waals surface area contributed by atoms with Crippen LogP contribution in [0.5, 0.6) is 5.75 Å². The number of thiocarbonyl (C=S) groups is 1. The minimum absolute atomic E-state index is 0.103. The number of hydrogen-bond donors (Lipinski definition) is 3. The van der Waals surface area contributed by atoms with Crippen molar-refractivity contribution in [2.75, 3.05) is 5.32 Å². The molecule has 0 spiro atoms. The molecular formula is C15H22Br2N2OS. The molecule has 0 atom stereocenters. The molecule has 0 heterocycles. The van der Waals surface area contributed by atoms with E-state index in [4.69, 9.17) is 12.2 Å². The molecule has 1 aromatic carbocycles. The second kappa shape index (κ2) is 6.84. The monoisotopic (exact) mass is 436 g/mol. The maximum absolute atomic E-state index is 9.71. The molecule has 0 radical (unpaired) electrons. The Bertz CT molecular complexity index is 516. The van der Waals surface area contributed by atoms with E-state index in [0.717, 1.165) is 12.1 Å². The summed E-state index contributed by atoms with van der Waals surface area (Å²) in [5.74, 6) is 0.174. The Labute approximate surface area is 149 Å². The van der Waals surface area contributed by atoms with Gasteiger partial charge in [-0.2, -0.15) is 0 Å². The summed E-state index contributed by atoms with van der Waals surface area (Å²) >= 11 is 12.0. The number of phenolic OH excluding ortho intramolecular Hbond substituents is 1. The SMILES string of the molecule is CC(C)(C)CC(C)(C)NC(=S)Nc1cc(Br)c(O)c(Br)c1. The van der Waals surface area contributed by atoms with Crippen LogP contribution in [0, 0.1) is 5.41 Å². The number of rotatable bonds is 3. The topological polar surface area (TPSA) is 44.3 Å². The van der Waals surface area contributed by atoms with Crippen LogP contribution >= 0.6 is 44.1 Å². The Morgan fingerprint density at radius 3 is 2.05 bits per heavy atom. The van der Waals surface area contributed by atoms with Gasteiger partial charge in [0.25, 0.3) is 0 Å². The number of anilines is 1. The number of hydrogen-bond acceptors (Lipinski definition) is 2. The molecule has 3 nitrogen and oxygen atoms in total. The van der Waals surface area contributed by atoms with E-state index in [1.54, 1.807) is 12.1 Å². The summed E-state index contributed by atoms with van der Waals surface area (Å²) in [6.07, 6.45) is 0.991. The summed E-state index contributed by atoms with van der Waals surface area (Å²) in [7, 11) is 0. The quantitative estimate of drug-likeness (QED) is 0.436. The summed E-state index contributed by atoms with van der Waals surface area (Å²) in [5.41, 5.74) is 0.917. The molecule has 0 fully saturated rings. The first-order valence-electron chi connectivity index (χ1n) is 6.67. The lowest BCUT2D eigenvalue weighted by molar-refractivity contribution is 0.268. The molecule has 1 rings (SSSR count). The Kier molecular flexibility index (Phi) is 6.09. The first kappa shape index (κ1) is 18.7. The van der Waals surface area contributed by atoms with Crippen molar-refractivity contribution in [3.8, 4) is 5.75 Å². The van der Waals surface area contributed by atoms with E-state index in [-0.39, 0.29) is 16.7 Å². The number of nitrogens with one attached hydrogen (secondary N) is 2. The zero-order valence-electron chi connectivity index (χ0n) is 13.0. The number of aromatic hydroxyl groups is 1. The molecule has 3 N–H and O–H groups in total. The predicted molar refractivity (Wildman–Crippen MR) is 101 cm³/mol. The van der Waals surface area contributed by atoms with E-state index in [1.807, 2.05) is 0 Å². The van der Waals surface area contributed by atoms with Crippen LogP contribution in [0.1, 0.15) is 41.0 Å². The van der Waals surface area contributed by atoms with Crippen molar-refractivity contribution in [1.82, 2.24) is 5.32 Å². The normalized spacial score (nSPS) is 12.1. The maximum Gasteiger partial charge on any atom is 0.171 e. The molecule has 0 aromatic heterocycles. The lowest BCUT2D eigenvalue weighted by Crippen LogP contribution is -2.47. The van der Waals surface area contributed by atoms with Gasteiger partial charge in [0.1, 0.15) is 5.75 Å². The average Bonchev–Trinajstić information content (AvgIpc) is 2.20. The minimum Gasteiger partial charge on any atom is -0.506 e. The third-order valence-electron chi connectivity index (χ3n) is 2.70. The number of phenols is 1. The molecule has 1 aromatic rings. The smallest absolute Gasteiger partial charge is 0.171 e. The Morgan fingerprint density at radius 1 is 1.14 bits per heavy atom. The van der Waals surface area contributed by atoms with E-state index < -0.39 is 0 Å². The summed E-state index contributed by atoms with van der Waals surface area (Å²) < 4.78 is 1.22. The second-order valence-electron chi connectivity index (χ2n) is 6.99. The summed E-state index contributed by atoms with van der Waals surface area (Å²) in [5, 5.41) is 16.8. The zero-order chi connectivity index (χ0) is 16.4. The fraction of sp³-hybridized carbons (Fsp3) is 0.533. The van der Waals surface area contributed by atoms with Crippen molar-refractivity contribution >= 4 is 54.9 Å². The summed E-state index contributed by atoms with van der Waals surface area (Å²) in [6.45, 7) is 10.9. The molecule has 21 heavy (non-hydrogen) atoms. The minimum atomic E-state index is -0.103. The Morgan fingerprint density at radius 2 is 1.62 bits per heavy atom. The van der Waals surface area contributed by atoms with Gasteiger partial charge in [0, 0.05) is 11.2 Å². The van der Waals surface area contributed by atoms with Gasteiger partial charge in [-0.1, -0.05) is 20.8 Å². The van der Waals surface area contributed by atoms with Crippen molar-refractivity contribution in [3.05, 3.63) is 21.1 Å². The third kappa shape index (κ3) is 6.53. The van der Waals surface area contributed by atoms with Crippen LogP contribution in [-0.2, 0) is 0 Å². The number of benzene rings is 1. The first-order chi connectivity index (χ1) is 9.39. The van der Waals surface area contributed by atoms with Crippen LogP contribution < -0.4 is 10.6 Å². The van der Waals surface area contributed by atoms with Crippen LogP contribution in [0.25, 0.3) is 0 Å². The lowest BCUT2D eigenvalue weighted by atomic mass is 9.82. The molecule has 0 aliphatic heterocycles. The van der Waals surface area contributed by atoms with Crippen molar-refractivity contribution in [2.24, 2.45) is 5.41 Å². The second-order valence-corrected chi connectivity index (χ2v) is 9.11. The average molecular weight is 438 g/mol. The predicted octanol–water partition coefficient (Wildman–Crippen LogP) is 5.42. The van der Waals surface area contributed by atoms with Crippen molar-refractivity contribution in [3.63, 3.8) is 0 Å². The molecule has 118 valence electrons. The van der Waals surface area contributed by atoms with Crippen LogP contribution in [0.4, 0.5) is 5.69 Å². The van der Waals surface area contributed by atoms with Gasteiger partial charge in [0.2, 0.25) is 0 Å². The van der Waals surface area contributed by atoms with Gasteiger partial charge >= 0.3 is 0 Å². The maximum atomic E-state index is 9.71. The number of halogens is 2. The highest BCUT2D eigenvalue weighted by atomic mass is 79.9. The van der Waals surface area contributed by atoms with E-state index >= 15 is 0 Å². The van der Waals surface area contributed by atoms with Crippen molar-refractivity contribution < 1.29 is 5.11 Å². The summed E-state index contributed by atoms with van der Waals surface area (Å²) in [4.78, 5) is 0. The molecule has 0 unspecified atom stereocenters. The van der Waals surface area contributed by atoms with Gasteiger partial charge in [-0.3, -0.25) is 0 Å². The molecule has 0 amide bonds. The first-order valence-corrected chi connectivity index (χ1v) is 8.66. The van der Waals surface area contributed by atoms with E-state index in [0.29, 0.717) is 14.1 Å². The third-order valence-corrected chi connectivity index (χ3v) is 4.11. The van der Waals surface area contributed by atoms with Crippen LogP contribution in [-0.4, -0.2) is 15.8 Å². The highest BCUT2D eigenvalue weighted by Gasteiger charge is 2.26. The van der Waals surface area contributed by atoms with Crippen LogP contribution in [0.3, 0.4) is 0 Å². The molecule has 6 heteroatoms. The summed E-state index contributed by atoms with van der Waals surface area (Å²) in [6, 6.07) is 3.57. The van der Waals surface area contributed by atoms with Crippen LogP contribution in [0.2, 0.25) is 0 Å². The van der Waals surface area contributed by atoms with Crippen molar-refractivity contribution in [1.29, 1.82) is 0 Å². The molecule has 0 bridgehead atoms. The Hall–Kier alpha value is -0.330.